The summed E-state index contributed by atoms with van der Waals surface area (Å²) < 4.78 is 15.3. The standard InChI is InChI=1S/C18H22FN5O/c19-15-10-20-11-21-18(15)22-13-5-7-14(8-6-13)24-17(25)9-12-3-1-2-4-16(12)23-24/h9-11,13-14H,1-8H2,(H,20,21,22). The molecule has 132 valence electrons. The third kappa shape index (κ3) is 3.41. The third-order valence-electron chi connectivity index (χ3n) is 5.28. The van der Waals surface area contributed by atoms with E-state index in [0.29, 0.717) is 0 Å². The highest BCUT2D eigenvalue weighted by atomic mass is 19.1. The van der Waals surface area contributed by atoms with Crippen LogP contribution in [0.25, 0.3) is 0 Å². The van der Waals surface area contributed by atoms with Crippen LogP contribution in [0.5, 0.6) is 0 Å². The van der Waals surface area contributed by atoms with Crippen LogP contribution in [-0.4, -0.2) is 25.8 Å². The normalized spacial score (nSPS) is 23.1. The van der Waals surface area contributed by atoms with Crippen molar-refractivity contribution in [3.05, 3.63) is 46.0 Å². The predicted molar refractivity (Wildman–Crippen MR) is 92.0 cm³/mol. The van der Waals surface area contributed by atoms with Gasteiger partial charge < -0.3 is 5.32 Å². The Morgan fingerprint density at radius 3 is 2.76 bits per heavy atom. The van der Waals surface area contributed by atoms with Gasteiger partial charge in [-0.3, -0.25) is 4.79 Å². The number of fused-ring (bicyclic) bond motifs is 1. The molecule has 0 aromatic carbocycles. The molecule has 4 rings (SSSR count). The van der Waals surface area contributed by atoms with Gasteiger partial charge in [0.1, 0.15) is 6.33 Å². The summed E-state index contributed by atoms with van der Waals surface area (Å²) in [6, 6.07) is 2.07. The molecular weight excluding hydrogens is 321 g/mol. The van der Waals surface area contributed by atoms with Gasteiger partial charge in [0, 0.05) is 12.1 Å². The summed E-state index contributed by atoms with van der Waals surface area (Å²) in [6.45, 7) is 0. The number of rotatable bonds is 3. The first kappa shape index (κ1) is 16.2. The Balaban J connectivity index is 1.44. The smallest absolute Gasteiger partial charge is 0.267 e. The summed E-state index contributed by atoms with van der Waals surface area (Å²) in [4.78, 5) is 20.0. The molecule has 0 unspecified atom stereocenters. The molecule has 2 aromatic heterocycles. The molecule has 1 fully saturated rings. The molecule has 2 aromatic rings. The number of nitrogens with one attached hydrogen (secondary N) is 1. The van der Waals surface area contributed by atoms with E-state index in [-0.39, 0.29) is 23.5 Å². The Morgan fingerprint density at radius 2 is 1.96 bits per heavy atom. The van der Waals surface area contributed by atoms with Gasteiger partial charge in [0.2, 0.25) is 0 Å². The number of nitrogens with zero attached hydrogens (tertiary/aromatic N) is 4. The van der Waals surface area contributed by atoms with E-state index in [0.717, 1.165) is 68.8 Å². The Morgan fingerprint density at radius 1 is 1.16 bits per heavy atom. The van der Waals surface area contributed by atoms with Gasteiger partial charge in [0.15, 0.2) is 11.6 Å². The van der Waals surface area contributed by atoms with E-state index in [1.165, 1.54) is 6.33 Å². The molecule has 2 heterocycles. The highest BCUT2D eigenvalue weighted by Gasteiger charge is 2.25. The van der Waals surface area contributed by atoms with E-state index in [1.807, 2.05) is 0 Å². The second kappa shape index (κ2) is 6.90. The summed E-state index contributed by atoms with van der Waals surface area (Å²) in [7, 11) is 0. The lowest BCUT2D eigenvalue weighted by molar-refractivity contribution is 0.299. The number of aromatic nitrogens is 4. The van der Waals surface area contributed by atoms with E-state index in [4.69, 9.17) is 0 Å². The van der Waals surface area contributed by atoms with Crippen LogP contribution >= 0.6 is 0 Å². The molecular formula is C18H22FN5O. The maximum Gasteiger partial charge on any atom is 0.267 e. The van der Waals surface area contributed by atoms with Gasteiger partial charge in [-0.2, -0.15) is 5.10 Å². The zero-order chi connectivity index (χ0) is 17.2. The zero-order valence-electron chi connectivity index (χ0n) is 14.1. The van der Waals surface area contributed by atoms with Gasteiger partial charge >= 0.3 is 0 Å². The average molecular weight is 343 g/mol. The summed E-state index contributed by atoms with van der Waals surface area (Å²) >= 11 is 0. The lowest BCUT2D eigenvalue weighted by Crippen LogP contribution is -2.34. The van der Waals surface area contributed by atoms with Crippen LogP contribution in [0.2, 0.25) is 0 Å². The highest BCUT2D eigenvalue weighted by molar-refractivity contribution is 5.35. The molecule has 0 aliphatic heterocycles. The summed E-state index contributed by atoms with van der Waals surface area (Å²) in [5, 5.41) is 7.81. The maximum atomic E-state index is 13.7. The van der Waals surface area contributed by atoms with Crippen molar-refractivity contribution in [3.63, 3.8) is 0 Å². The molecule has 0 atom stereocenters. The van der Waals surface area contributed by atoms with E-state index < -0.39 is 5.82 Å². The lowest BCUT2D eigenvalue weighted by Gasteiger charge is -2.30. The minimum Gasteiger partial charge on any atom is -0.365 e. The van der Waals surface area contributed by atoms with Gasteiger partial charge in [-0.15, -0.1) is 0 Å². The molecule has 7 heteroatoms. The van der Waals surface area contributed by atoms with Crippen molar-refractivity contribution in [2.75, 3.05) is 5.32 Å². The molecule has 0 radical (unpaired) electrons. The first-order valence-corrected chi connectivity index (χ1v) is 9.04. The monoisotopic (exact) mass is 343 g/mol. The van der Waals surface area contributed by atoms with E-state index in [1.54, 1.807) is 10.7 Å². The highest BCUT2D eigenvalue weighted by Crippen LogP contribution is 2.29. The second-order valence-electron chi connectivity index (χ2n) is 6.98. The van der Waals surface area contributed by atoms with E-state index in [2.05, 4.69) is 20.4 Å². The first-order valence-electron chi connectivity index (χ1n) is 9.04. The Hall–Kier alpha value is -2.31. The summed E-state index contributed by atoms with van der Waals surface area (Å²) in [6.07, 6.45) is 10.2. The van der Waals surface area contributed by atoms with Crippen molar-refractivity contribution >= 4 is 5.82 Å². The molecule has 2 aliphatic carbocycles. The molecule has 2 aliphatic rings. The average Bonchev–Trinajstić information content (AvgIpc) is 2.64. The third-order valence-corrected chi connectivity index (χ3v) is 5.28. The minimum atomic E-state index is -0.433. The first-order chi connectivity index (χ1) is 12.2. The van der Waals surface area contributed by atoms with Crippen LogP contribution in [0.15, 0.2) is 23.4 Å². The quantitative estimate of drug-likeness (QED) is 0.927. The molecule has 0 bridgehead atoms. The zero-order valence-corrected chi connectivity index (χ0v) is 14.1. The Bertz CT molecular complexity index is 813. The number of aryl methyl sites for hydroxylation is 2. The summed E-state index contributed by atoms with van der Waals surface area (Å²) in [5.41, 5.74) is 2.23. The van der Waals surface area contributed by atoms with Crippen LogP contribution in [0.3, 0.4) is 0 Å². The van der Waals surface area contributed by atoms with Crippen LogP contribution in [0, 0.1) is 5.82 Å². The maximum absolute atomic E-state index is 13.7. The molecule has 0 spiro atoms. The van der Waals surface area contributed by atoms with Gasteiger partial charge in [0.25, 0.3) is 5.56 Å². The van der Waals surface area contributed by atoms with Crippen molar-refractivity contribution in [1.82, 2.24) is 19.7 Å². The van der Waals surface area contributed by atoms with Gasteiger partial charge in [0.05, 0.1) is 17.9 Å². The van der Waals surface area contributed by atoms with Crippen LogP contribution in [-0.2, 0) is 12.8 Å². The van der Waals surface area contributed by atoms with Gasteiger partial charge in [-0.1, -0.05) is 0 Å². The lowest BCUT2D eigenvalue weighted by atomic mass is 9.91. The second-order valence-corrected chi connectivity index (χ2v) is 6.98. The number of hydrogen-bond acceptors (Lipinski definition) is 5. The van der Waals surface area contributed by atoms with E-state index in [9.17, 15) is 9.18 Å². The molecule has 0 amide bonds. The number of halogens is 1. The van der Waals surface area contributed by atoms with Crippen LogP contribution < -0.4 is 10.9 Å². The van der Waals surface area contributed by atoms with Crippen molar-refractivity contribution < 1.29 is 4.39 Å². The fourth-order valence-electron chi connectivity index (χ4n) is 3.92. The number of anilines is 1. The van der Waals surface area contributed by atoms with Crippen molar-refractivity contribution in [1.29, 1.82) is 0 Å². The van der Waals surface area contributed by atoms with Crippen molar-refractivity contribution in [3.8, 4) is 0 Å². The SMILES string of the molecule is O=c1cc2c(nn1C1CCC(Nc3ncncc3F)CC1)CCCC2. The number of hydrogen-bond donors (Lipinski definition) is 1. The minimum absolute atomic E-state index is 0.0129. The van der Waals surface area contributed by atoms with Gasteiger partial charge in [-0.05, 0) is 56.9 Å². The van der Waals surface area contributed by atoms with Gasteiger partial charge in [-0.25, -0.2) is 19.0 Å². The molecule has 25 heavy (non-hydrogen) atoms. The Labute approximate surface area is 145 Å². The fourth-order valence-corrected chi connectivity index (χ4v) is 3.92. The fraction of sp³-hybridized carbons (Fsp3) is 0.556. The Kier molecular flexibility index (Phi) is 4.46. The molecule has 6 nitrogen and oxygen atoms in total. The van der Waals surface area contributed by atoms with E-state index >= 15 is 0 Å². The summed E-state index contributed by atoms with van der Waals surface area (Å²) in [5.74, 6) is -0.181. The largest absolute Gasteiger partial charge is 0.365 e. The van der Waals surface area contributed by atoms with Crippen LogP contribution in [0.1, 0.15) is 55.8 Å². The van der Waals surface area contributed by atoms with Crippen LogP contribution in [0.4, 0.5) is 10.2 Å². The molecule has 1 saturated carbocycles. The van der Waals surface area contributed by atoms with Crippen molar-refractivity contribution in [2.24, 2.45) is 0 Å². The molecule has 1 N–H and O–H groups in total. The molecule has 0 saturated heterocycles. The van der Waals surface area contributed by atoms with Crippen molar-refractivity contribution in [2.45, 2.75) is 63.5 Å². The topological polar surface area (TPSA) is 72.7 Å². The predicted octanol–water partition coefficient (Wildman–Crippen LogP) is 2.65.